The Kier molecular flexibility index (Phi) is 8.28. The van der Waals surface area contributed by atoms with Crippen molar-refractivity contribution in [3.05, 3.63) is 53.2 Å². The van der Waals surface area contributed by atoms with Crippen LogP contribution < -0.4 is 25.6 Å². The number of amides is 1. The lowest BCUT2D eigenvalue weighted by Gasteiger charge is -2.49. The first-order chi connectivity index (χ1) is 20.6. The summed E-state index contributed by atoms with van der Waals surface area (Å²) in [7, 11) is -2.52. The third-order valence-corrected chi connectivity index (χ3v) is 10.5. The monoisotopic (exact) mass is 623 g/mol. The van der Waals surface area contributed by atoms with E-state index in [9.17, 15) is 9.36 Å². The third-order valence-electron chi connectivity index (χ3n) is 8.66. The molecule has 4 heterocycles. The molecule has 2 fully saturated rings. The highest BCUT2D eigenvalue weighted by Gasteiger charge is 2.37. The second-order valence-corrected chi connectivity index (χ2v) is 15.6. The Bertz CT molecular complexity index is 1570. The molecule has 0 unspecified atom stereocenters. The van der Waals surface area contributed by atoms with Crippen molar-refractivity contribution in [3.8, 4) is 5.75 Å². The van der Waals surface area contributed by atoms with Crippen LogP contribution in [0.15, 0.2) is 42.6 Å². The number of rotatable bonds is 6. The third kappa shape index (κ3) is 6.33. The number of piperidine rings is 1. The van der Waals surface area contributed by atoms with E-state index >= 15 is 0 Å². The van der Waals surface area contributed by atoms with Crippen LogP contribution in [-0.4, -0.2) is 90.4 Å². The summed E-state index contributed by atoms with van der Waals surface area (Å²) < 4.78 is 19.2. The molecular formula is C31H39ClN7O3P. The van der Waals surface area contributed by atoms with Crippen molar-refractivity contribution in [2.45, 2.75) is 38.8 Å². The summed E-state index contributed by atoms with van der Waals surface area (Å²) in [4.78, 5) is 27.8. The van der Waals surface area contributed by atoms with E-state index in [4.69, 9.17) is 16.3 Å². The van der Waals surface area contributed by atoms with Crippen molar-refractivity contribution in [1.82, 2.24) is 19.8 Å². The molecular weight excluding hydrogens is 585 g/mol. The van der Waals surface area contributed by atoms with Crippen LogP contribution in [0.1, 0.15) is 25.3 Å². The highest BCUT2D eigenvalue weighted by molar-refractivity contribution is 7.70. The topological polar surface area (TPSA) is 103 Å². The summed E-state index contributed by atoms with van der Waals surface area (Å²) >= 11 is 6.45. The number of anilines is 5. The minimum absolute atomic E-state index is 0.177. The number of hydrogen-bond donors (Lipinski definition) is 2. The van der Waals surface area contributed by atoms with Crippen molar-refractivity contribution in [3.63, 3.8) is 0 Å². The summed E-state index contributed by atoms with van der Waals surface area (Å²) in [6, 6.07) is 12.4. The maximum atomic E-state index is 12.8. The first-order valence-corrected chi connectivity index (χ1v) is 17.8. The molecule has 2 saturated heterocycles. The van der Waals surface area contributed by atoms with E-state index in [1.165, 1.54) is 0 Å². The lowest BCUT2D eigenvalue weighted by Crippen LogP contribution is -2.60. The number of benzene rings is 2. The van der Waals surface area contributed by atoms with Gasteiger partial charge in [0, 0.05) is 62.7 Å². The number of carbonyl (C=O) groups is 1. The maximum Gasteiger partial charge on any atom is 0.229 e. The highest BCUT2D eigenvalue weighted by Crippen LogP contribution is 2.42. The zero-order valence-corrected chi connectivity index (χ0v) is 26.8. The van der Waals surface area contributed by atoms with Gasteiger partial charge in [-0.2, -0.15) is 4.98 Å². The van der Waals surface area contributed by atoms with Crippen molar-refractivity contribution < 1.29 is 14.1 Å². The number of aromatic nitrogens is 2. The standard InChI is InChI=1S/C31H39ClN7O3P/c1-20-15-22(34-31-33-17-25(32)30(36-31)35-26-7-5-6-8-28(26)43(3,4)41)16-27-29(20)39-14-13-38(18-24(39)19-42-27)23-9-11-37(12-10-23)21(2)40/h5-8,15-17,23-24H,9-14,18-19H2,1-4H3,(H2,33,34,35,36)/t24-/m1/s1. The van der Waals surface area contributed by atoms with Crippen molar-refractivity contribution in [2.24, 2.45) is 0 Å². The minimum atomic E-state index is -2.52. The molecule has 228 valence electrons. The van der Waals surface area contributed by atoms with Crippen LogP contribution in [0.2, 0.25) is 5.02 Å². The Morgan fingerprint density at radius 1 is 1.07 bits per heavy atom. The lowest BCUT2D eigenvalue weighted by molar-refractivity contribution is -0.130. The molecule has 0 spiro atoms. The van der Waals surface area contributed by atoms with Crippen LogP contribution in [-0.2, 0) is 9.36 Å². The zero-order valence-electron chi connectivity index (χ0n) is 25.1. The van der Waals surface area contributed by atoms with Gasteiger partial charge in [-0.3, -0.25) is 9.69 Å². The number of nitrogens with zero attached hydrogens (tertiary/aromatic N) is 5. The molecule has 1 amide bonds. The molecule has 0 saturated carbocycles. The molecule has 43 heavy (non-hydrogen) atoms. The number of fused-ring (bicyclic) bond motifs is 3. The SMILES string of the molecule is CC(=O)N1CCC(N2CCN3c4c(C)cc(Nc5ncc(Cl)c(Nc6ccccc6P(C)(C)=O)n5)cc4OC[C@H]3C2)CC1. The summed E-state index contributed by atoms with van der Waals surface area (Å²) in [6.45, 7) is 12.5. The largest absolute Gasteiger partial charge is 0.489 e. The minimum Gasteiger partial charge on any atom is -0.489 e. The number of carbonyl (C=O) groups excluding carboxylic acids is 1. The van der Waals surface area contributed by atoms with E-state index in [1.54, 1.807) is 26.5 Å². The number of nitrogens with one attached hydrogen (secondary N) is 2. The van der Waals surface area contributed by atoms with Crippen LogP contribution >= 0.6 is 18.7 Å². The van der Waals surface area contributed by atoms with Crippen LogP contribution in [0.4, 0.5) is 28.8 Å². The number of aryl methyl sites for hydroxylation is 1. The molecule has 1 atom stereocenters. The molecule has 3 aliphatic heterocycles. The molecule has 0 aliphatic carbocycles. The molecule has 0 radical (unpaired) electrons. The summed E-state index contributed by atoms with van der Waals surface area (Å²) in [5.74, 6) is 1.85. The number of likely N-dealkylation sites (tertiary alicyclic amines) is 1. The average Bonchev–Trinajstić information content (AvgIpc) is 2.98. The van der Waals surface area contributed by atoms with Gasteiger partial charge in [-0.1, -0.05) is 23.7 Å². The predicted molar refractivity (Wildman–Crippen MR) is 174 cm³/mol. The molecule has 10 nitrogen and oxygen atoms in total. The molecule has 3 aromatic rings. The molecule has 0 bridgehead atoms. The van der Waals surface area contributed by atoms with E-state index < -0.39 is 7.14 Å². The Labute approximate surface area is 258 Å². The van der Waals surface area contributed by atoms with Crippen molar-refractivity contribution in [2.75, 3.05) is 68.2 Å². The summed E-state index contributed by atoms with van der Waals surface area (Å²) in [5.41, 5.74) is 3.80. The van der Waals surface area contributed by atoms with Gasteiger partial charge in [0.1, 0.15) is 24.5 Å². The lowest BCUT2D eigenvalue weighted by atomic mass is 9.99. The van der Waals surface area contributed by atoms with Gasteiger partial charge in [0.2, 0.25) is 11.9 Å². The van der Waals surface area contributed by atoms with Gasteiger partial charge in [0.15, 0.2) is 5.82 Å². The first kappa shape index (κ1) is 29.7. The van der Waals surface area contributed by atoms with Gasteiger partial charge >= 0.3 is 0 Å². The number of para-hydroxylation sites is 1. The molecule has 12 heteroatoms. The van der Waals surface area contributed by atoms with Gasteiger partial charge < -0.3 is 29.7 Å². The second kappa shape index (κ2) is 12.0. The Morgan fingerprint density at radius 2 is 1.84 bits per heavy atom. The zero-order chi connectivity index (χ0) is 30.3. The normalized spacial score (nSPS) is 19.3. The molecule has 3 aliphatic rings. The Morgan fingerprint density at radius 3 is 2.58 bits per heavy atom. The molecule has 2 aromatic carbocycles. The Hall–Kier alpha value is -3.33. The average molecular weight is 624 g/mol. The molecule has 1 aromatic heterocycles. The van der Waals surface area contributed by atoms with E-state index in [1.807, 2.05) is 35.2 Å². The summed E-state index contributed by atoms with van der Waals surface area (Å²) in [6.07, 6.45) is 3.62. The van der Waals surface area contributed by atoms with E-state index in [0.29, 0.717) is 41.2 Å². The van der Waals surface area contributed by atoms with E-state index in [-0.39, 0.29) is 5.91 Å². The van der Waals surface area contributed by atoms with Gasteiger partial charge in [-0.15, -0.1) is 0 Å². The smallest absolute Gasteiger partial charge is 0.229 e. The van der Waals surface area contributed by atoms with Gasteiger partial charge in [-0.25, -0.2) is 4.98 Å². The number of halogens is 1. The van der Waals surface area contributed by atoms with Crippen LogP contribution in [0.5, 0.6) is 5.75 Å². The second-order valence-electron chi connectivity index (χ2n) is 12.0. The van der Waals surface area contributed by atoms with Gasteiger partial charge in [-0.05, 0) is 56.9 Å². The quantitative estimate of drug-likeness (QED) is 0.365. The summed E-state index contributed by atoms with van der Waals surface area (Å²) in [5, 5.41) is 7.67. The van der Waals surface area contributed by atoms with E-state index in [0.717, 1.165) is 73.6 Å². The fourth-order valence-electron chi connectivity index (χ4n) is 6.50. The van der Waals surface area contributed by atoms with Crippen molar-refractivity contribution in [1.29, 1.82) is 0 Å². The number of piperazine rings is 1. The fraction of sp³-hybridized carbons (Fsp3) is 0.452. The van der Waals surface area contributed by atoms with Gasteiger partial charge in [0.25, 0.3) is 0 Å². The number of ether oxygens (including phenoxy) is 1. The van der Waals surface area contributed by atoms with Crippen LogP contribution in [0, 0.1) is 6.92 Å². The predicted octanol–water partition coefficient (Wildman–Crippen LogP) is 5.07. The highest BCUT2D eigenvalue weighted by atomic mass is 35.5. The maximum absolute atomic E-state index is 12.8. The first-order valence-electron chi connectivity index (χ1n) is 14.8. The van der Waals surface area contributed by atoms with Crippen LogP contribution in [0.3, 0.4) is 0 Å². The molecule has 2 N–H and O–H groups in total. The number of hydrogen-bond acceptors (Lipinski definition) is 9. The Balaban J connectivity index is 1.15. The fourth-order valence-corrected chi connectivity index (χ4v) is 7.79. The van der Waals surface area contributed by atoms with E-state index in [2.05, 4.69) is 43.4 Å². The molecule has 6 rings (SSSR count). The van der Waals surface area contributed by atoms with Crippen LogP contribution in [0.25, 0.3) is 0 Å². The van der Waals surface area contributed by atoms with Crippen molar-refractivity contribution >= 4 is 58.8 Å². The van der Waals surface area contributed by atoms with Gasteiger partial charge in [0.05, 0.1) is 23.6 Å².